The van der Waals surface area contributed by atoms with E-state index in [2.05, 4.69) is 6.58 Å². The van der Waals surface area contributed by atoms with Gasteiger partial charge in [-0.15, -0.1) is 0 Å². The Hall–Kier alpha value is -0.910. The highest BCUT2D eigenvalue weighted by Crippen LogP contribution is 1.95. The number of aliphatic hydroxyl groups excluding tert-OH is 1. The van der Waals surface area contributed by atoms with Crippen LogP contribution in [-0.2, 0) is 14.3 Å². The first-order valence-electron chi connectivity index (χ1n) is 4.24. The minimum absolute atomic E-state index is 0.310. The Balaban J connectivity index is 0. The third kappa shape index (κ3) is 17.3. The lowest BCUT2D eigenvalue weighted by Crippen LogP contribution is -2.19. The predicted octanol–water partition coefficient (Wildman–Crippen LogP) is 0.981. The van der Waals surface area contributed by atoms with Crippen molar-refractivity contribution in [2.45, 2.75) is 33.4 Å². The minimum atomic E-state index is -0.981. The number of carboxylic acids is 1. The molecule has 0 aliphatic carbocycles. The number of carboxylic acid groups (broad SMARTS) is 1. The molecule has 0 heterocycles. The van der Waals surface area contributed by atoms with Crippen molar-refractivity contribution in [3.8, 4) is 0 Å². The van der Waals surface area contributed by atoms with Gasteiger partial charge in [-0.2, -0.15) is 0 Å². The van der Waals surface area contributed by atoms with Crippen molar-refractivity contribution < 1.29 is 24.5 Å². The van der Waals surface area contributed by atoms with Crippen LogP contribution in [0.15, 0.2) is 12.7 Å². The van der Waals surface area contributed by atoms with Gasteiger partial charge in [0.25, 0.3) is 0 Å². The van der Waals surface area contributed by atoms with E-state index in [1.54, 1.807) is 13.8 Å². The van der Waals surface area contributed by atoms with E-state index < -0.39 is 12.3 Å². The van der Waals surface area contributed by atoms with Crippen molar-refractivity contribution in [2.75, 3.05) is 6.61 Å². The maximum atomic E-state index is 9.25. The molecule has 2 N–H and O–H groups in total. The van der Waals surface area contributed by atoms with E-state index in [1.807, 2.05) is 6.92 Å². The molecule has 0 fully saturated rings. The molecule has 0 saturated heterocycles. The zero-order valence-corrected chi connectivity index (χ0v) is 8.77. The summed E-state index contributed by atoms with van der Waals surface area (Å²) in [6.45, 7) is 8.74. The number of rotatable bonds is 5. The molecule has 2 unspecified atom stereocenters. The van der Waals surface area contributed by atoms with Crippen molar-refractivity contribution >= 4 is 5.97 Å². The Morgan fingerprint density at radius 2 is 2.00 bits per heavy atom. The number of hydrogen-bond donors (Lipinski definition) is 2. The monoisotopic (exact) mass is 206 g/mol. The molecule has 0 radical (unpaired) electrons. The SMILES string of the molecule is C=CC(=O)O.CCOC(C)OC(C)O. The second-order valence-electron chi connectivity index (χ2n) is 2.30. The molecule has 0 spiro atoms. The highest BCUT2D eigenvalue weighted by atomic mass is 16.7. The van der Waals surface area contributed by atoms with Crippen LogP contribution in [0.4, 0.5) is 0 Å². The molecule has 0 saturated carbocycles. The zero-order chi connectivity index (χ0) is 11.6. The summed E-state index contributed by atoms with van der Waals surface area (Å²) in [5.74, 6) is -0.981. The summed E-state index contributed by atoms with van der Waals surface area (Å²) >= 11 is 0. The highest BCUT2D eigenvalue weighted by molar-refractivity contribution is 5.78. The summed E-state index contributed by atoms with van der Waals surface area (Å²) in [5, 5.41) is 16.3. The Morgan fingerprint density at radius 1 is 1.57 bits per heavy atom. The lowest BCUT2D eigenvalue weighted by Gasteiger charge is -2.13. The number of ether oxygens (including phenoxy) is 2. The van der Waals surface area contributed by atoms with Crippen molar-refractivity contribution in [3.05, 3.63) is 12.7 Å². The number of aliphatic carboxylic acids is 1. The molecule has 2 atom stereocenters. The lowest BCUT2D eigenvalue weighted by atomic mass is 10.7. The van der Waals surface area contributed by atoms with Gasteiger partial charge in [-0.05, 0) is 20.8 Å². The van der Waals surface area contributed by atoms with Crippen molar-refractivity contribution in [3.63, 3.8) is 0 Å². The van der Waals surface area contributed by atoms with Crippen LogP contribution < -0.4 is 0 Å². The van der Waals surface area contributed by atoms with Crippen LogP contribution in [0, 0.1) is 0 Å². The minimum Gasteiger partial charge on any atom is -0.478 e. The van der Waals surface area contributed by atoms with Gasteiger partial charge in [-0.25, -0.2) is 4.79 Å². The quantitative estimate of drug-likeness (QED) is 0.518. The molecule has 0 aliphatic heterocycles. The average Bonchev–Trinajstić information content (AvgIpc) is 2.04. The van der Waals surface area contributed by atoms with Crippen molar-refractivity contribution in [1.82, 2.24) is 0 Å². The predicted molar refractivity (Wildman–Crippen MR) is 51.7 cm³/mol. The molecule has 0 amide bonds. The van der Waals surface area contributed by atoms with Crippen LogP contribution >= 0.6 is 0 Å². The summed E-state index contributed by atoms with van der Waals surface area (Å²) < 4.78 is 9.79. The normalized spacial score (nSPS) is 13.4. The summed E-state index contributed by atoms with van der Waals surface area (Å²) in [6, 6.07) is 0. The molecule has 14 heavy (non-hydrogen) atoms. The van der Waals surface area contributed by atoms with Crippen LogP contribution in [0.25, 0.3) is 0 Å². The number of carbonyl (C=O) groups is 1. The summed E-state index contributed by atoms with van der Waals surface area (Å²) in [5.41, 5.74) is 0. The number of aliphatic hydroxyl groups is 1. The van der Waals surface area contributed by atoms with Gasteiger partial charge in [0.05, 0.1) is 0 Å². The molecule has 84 valence electrons. The van der Waals surface area contributed by atoms with Crippen LogP contribution in [0.1, 0.15) is 20.8 Å². The van der Waals surface area contributed by atoms with E-state index in [1.165, 1.54) is 0 Å². The third-order valence-electron chi connectivity index (χ3n) is 0.965. The highest BCUT2D eigenvalue weighted by Gasteiger charge is 2.02. The first kappa shape index (κ1) is 15.6. The zero-order valence-electron chi connectivity index (χ0n) is 8.77. The van der Waals surface area contributed by atoms with Gasteiger partial charge in [0, 0.05) is 12.7 Å². The molecule has 0 aromatic carbocycles. The Morgan fingerprint density at radius 3 is 2.21 bits per heavy atom. The van der Waals surface area contributed by atoms with Gasteiger partial charge in [0.2, 0.25) is 0 Å². The van der Waals surface area contributed by atoms with Gasteiger partial charge in [-0.3, -0.25) is 0 Å². The molecule has 0 bridgehead atoms. The molecule has 0 aliphatic rings. The third-order valence-corrected chi connectivity index (χ3v) is 0.965. The van der Waals surface area contributed by atoms with Crippen LogP contribution in [0.5, 0.6) is 0 Å². The first-order chi connectivity index (χ1) is 6.43. The lowest BCUT2D eigenvalue weighted by molar-refractivity contribution is -0.211. The Kier molecular flexibility index (Phi) is 11.3. The van der Waals surface area contributed by atoms with E-state index in [0.717, 1.165) is 6.08 Å². The van der Waals surface area contributed by atoms with Gasteiger partial charge in [0.1, 0.15) is 0 Å². The van der Waals surface area contributed by atoms with Crippen molar-refractivity contribution in [2.24, 2.45) is 0 Å². The van der Waals surface area contributed by atoms with Crippen LogP contribution in [0.3, 0.4) is 0 Å². The molecular formula is C9H18O5. The second kappa shape index (κ2) is 10.2. The fraction of sp³-hybridized carbons (Fsp3) is 0.667. The molecule has 0 rings (SSSR count). The van der Waals surface area contributed by atoms with Gasteiger partial charge in [0.15, 0.2) is 12.6 Å². The van der Waals surface area contributed by atoms with E-state index in [-0.39, 0.29) is 6.29 Å². The largest absolute Gasteiger partial charge is 0.478 e. The van der Waals surface area contributed by atoms with Crippen LogP contribution in [0.2, 0.25) is 0 Å². The Bertz CT molecular complexity index is 155. The van der Waals surface area contributed by atoms with E-state index in [0.29, 0.717) is 6.61 Å². The summed E-state index contributed by atoms with van der Waals surface area (Å²) in [7, 11) is 0. The van der Waals surface area contributed by atoms with E-state index >= 15 is 0 Å². The van der Waals surface area contributed by atoms with Crippen molar-refractivity contribution in [1.29, 1.82) is 0 Å². The maximum Gasteiger partial charge on any atom is 0.327 e. The van der Waals surface area contributed by atoms with E-state index in [9.17, 15) is 4.79 Å². The molecule has 0 aromatic rings. The molecule has 0 aromatic heterocycles. The van der Waals surface area contributed by atoms with Gasteiger partial charge in [-0.1, -0.05) is 6.58 Å². The average molecular weight is 206 g/mol. The molecule has 5 nitrogen and oxygen atoms in total. The Labute approximate surface area is 84.0 Å². The molecular weight excluding hydrogens is 188 g/mol. The molecule has 5 heteroatoms. The van der Waals surface area contributed by atoms with Gasteiger partial charge < -0.3 is 19.7 Å². The standard InChI is InChI=1S/C6H14O3.C3H4O2/c1-4-8-6(3)9-5(2)7;1-2-3(4)5/h5-7H,4H2,1-3H3;2H,1H2,(H,4,5). The van der Waals surface area contributed by atoms with Crippen LogP contribution in [-0.4, -0.2) is 35.4 Å². The first-order valence-corrected chi connectivity index (χ1v) is 4.24. The smallest absolute Gasteiger partial charge is 0.327 e. The maximum absolute atomic E-state index is 9.25. The summed E-state index contributed by atoms with van der Waals surface area (Å²) in [6.07, 6.45) is -0.221. The fourth-order valence-electron chi connectivity index (χ4n) is 0.551. The summed E-state index contributed by atoms with van der Waals surface area (Å²) in [4.78, 5) is 9.25. The number of hydrogen-bond acceptors (Lipinski definition) is 4. The second-order valence-corrected chi connectivity index (χ2v) is 2.30. The topological polar surface area (TPSA) is 76.0 Å². The van der Waals surface area contributed by atoms with E-state index in [4.69, 9.17) is 19.7 Å². The fourth-order valence-corrected chi connectivity index (χ4v) is 0.551. The van der Waals surface area contributed by atoms with Gasteiger partial charge >= 0.3 is 5.97 Å².